The molecule has 0 atom stereocenters. The number of rotatable bonds is 10. The number of carbonyl (C=O) groups excluding carboxylic acids is 2. The van der Waals surface area contributed by atoms with Crippen molar-refractivity contribution in [2.24, 2.45) is 5.16 Å². The van der Waals surface area contributed by atoms with E-state index in [-0.39, 0.29) is 22.8 Å². The smallest absolute Gasteiger partial charge is 0.278 e. The molecule has 1 heterocycles. The Bertz CT molecular complexity index is 1460. The van der Waals surface area contributed by atoms with Crippen LogP contribution >= 0.6 is 0 Å². The first-order valence-electron chi connectivity index (χ1n) is 14.2. The molecule has 1 aliphatic heterocycles. The van der Waals surface area contributed by atoms with Gasteiger partial charge in [-0.05, 0) is 47.6 Å². The lowest BCUT2D eigenvalue weighted by molar-refractivity contribution is -0.110. The van der Waals surface area contributed by atoms with E-state index in [4.69, 9.17) is 14.2 Å². The summed E-state index contributed by atoms with van der Waals surface area (Å²) in [4.78, 5) is 28.9. The second-order valence-electron chi connectivity index (χ2n) is 11.1. The Morgan fingerprint density at radius 2 is 1.76 bits per heavy atom. The largest absolute Gasteiger partial charge is 0.494 e. The Labute approximate surface area is 246 Å². The van der Waals surface area contributed by atoms with Crippen LogP contribution in [0.3, 0.4) is 0 Å². The quantitative estimate of drug-likeness (QED) is 0.186. The zero-order valence-electron chi connectivity index (χ0n) is 25.0. The molecule has 0 aliphatic carbocycles. The first kappa shape index (κ1) is 30.8. The predicted molar refractivity (Wildman–Crippen MR) is 163 cm³/mol. The van der Waals surface area contributed by atoms with Gasteiger partial charge in [-0.1, -0.05) is 50.2 Å². The summed E-state index contributed by atoms with van der Waals surface area (Å²) in [6.45, 7) is 12.8. The zero-order valence-corrected chi connectivity index (χ0v) is 25.0. The topological polar surface area (TPSA) is 122 Å². The molecule has 1 saturated heterocycles. The monoisotopic (exact) mass is 576 g/mol. The molecule has 10 heteroatoms. The predicted octanol–water partition coefficient (Wildman–Crippen LogP) is 4.42. The maximum absolute atomic E-state index is 13.7. The van der Waals surface area contributed by atoms with Crippen LogP contribution < -0.4 is 20.1 Å². The summed E-state index contributed by atoms with van der Waals surface area (Å²) in [7, 11) is 1.44. The van der Waals surface area contributed by atoms with E-state index in [0.717, 1.165) is 43.8 Å². The Balaban J connectivity index is 1.64. The molecule has 3 N–H and O–H groups in total. The average Bonchev–Trinajstić information content (AvgIpc) is 2.98. The van der Waals surface area contributed by atoms with Crippen molar-refractivity contribution < 1.29 is 29.0 Å². The van der Waals surface area contributed by atoms with Crippen molar-refractivity contribution in [3.8, 4) is 11.5 Å². The Morgan fingerprint density at radius 1 is 1.05 bits per heavy atom. The van der Waals surface area contributed by atoms with Gasteiger partial charge in [-0.25, -0.2) is 0 Å². The van der Waals surface area contributed by atoms with Gasteiger partial charge in [0.25, 0.3) is 11.8 Å². The molecule has 0 radical (unpaired) electrons. The fourth-order valence-corrected chi connectivity index (χ4v) is 4.92. The molecule has 0 unspecified atom stereocenters. The van der Waals surface area contributed by atoms with Crippen LogP contribution in [0.15, 0.2) is 53.7 Å². The highest BCUT2D eigenvalue weighted by Gasteiger charge is 2.26. The van der Waals surface area contributed by atoms with Crippen LogP contribution in [0.2, 0.25) is 0 Å². The van der Waals surface area contributed by atoms with Crippen molar-refractivity contribution in [2.75, 3.05) is 58.4 Å². The Hall–Kier alpha value is -4.15. The van der Waals surface area contributed by atoms with Gasteiger partial charge < -0.3 is 30.1 Å². The van der Waals surface area contributed by atoms with E-state index in [0.29, 0.717) is 41.1 Å². The minimum absolute atomic E-state index is 0.186. The highest BCUT2D eigenvalue weighted by Crippen LogP contribution is 2.36. The summed E-state index contributed by atoms with van der Waals surface area (Å²) in [6, 6.07) is 14.5. The number of hydrogen-bond donors (Lipinski definition) is 3. The molecule has 0 saturated carbocycles. The normalized spacial score (nSPS) is 14.5. The lowest BCUT2D eigenvalue weighted by Gasteiger charge is -2.26. The third kappa shape index (κ3) is 7.00. The van der Waals surface area contributed by atoms with Gasteiger partial charge in [-0.2, -0.15) is 0 Å². The van der Waals surface area contributed by atoms with Gasteiger partial charge in [-0.3, -0.25) is 14.5 Å². The fraction of sp³-hybridized carbons (Fsp3) is 0.406. The van der Waals surface area contributed by atoms with Gasteiger partial charge in [0.05, 0.1) is 31.6 Å². The molecule has 0 aromatic heterocycles. The SMILES string of the molecule is CCNC(=O)c1cc(C(C)(C)C)cc(NC(=O)C(=NO)c2ccc(OCCN3CCOCC3)c3ccccc23)c1OC. The molecule has 0 spiro atoms. The van der Waals surface area contributed by atoms with Crippen LogP contribution in [-0.2, 0) is 14.9 Å². The molecule has 1 aliphatic rings. The number of morpholine rings is 1. The minimum Gasteiger partial charge on any atom is -0.494 e. The Kier molecular flexibility index (Phi) is 10.0. The van der Waals surface area contributed by atoms with Crippen molar-refractivity contribution in [3.05, 3.63) is 65.2 Å². The van der Waals surface area contributed by atoms with E-state index in [1.54, 1.807) is 24.3 Å². The third-order valence-corrected chi connectivity index (χ3v) is 7.21. The van der Waals surface area contributed by atoms with Crippen LogP contribution in [0.4, 0.5) is 5.69 Å². The number of anilines is 1. The second kappa shape index (κ2) is 13.7. The van der Waals surface area contributed by atoms with Crippen molar-refractivity contribution in [3.63, 3.8) is 0 Å². The third-order valence-electron chi connectivity index (χ3n) is 7.21. The number of carbonyl (C=O) groups is 2. The van der Waals surface area contributed by atoms with Gasteiger partial charge in [0.15, 0.2) is 11.5 Å². The number of benzene rings is 3. The average molecular weight is 577 g/mol. The van der Waals surface area contributed by atoms with Crippen LogP contribution in [0.5, 0.6) is 11.5 Å². The van der Waals surface area contributed by atoms with E-state index >= 15 is 0 Å². The molecule has 42 heavy (non-hydrogen) atoms. The molecule has 2 amide bonds. The van der Waals surface area contributed by atoms with E-state index in [2.05, 4.69) is 20.7 Å². The van der Waals surface area contributed by atoms with Crippen LogP contribution in [0, 0.1) is 0 Å². The van der Waals surface area contributed by atoms with E-state index in [1.165, 1.54) is 7.11 Å². The summed E-state index contributed by atoms with van der Waals surface area (Å²) in [5.74, 6) is -0.0862. The number of hydrogen-bond acceptors (Lipinski definition) is 8. The number of nitrogens with zero attached hydrogens (tertiary/aromatic N) is 2. The van der Waals surface area contributed by atoms with Crippen LogP contribution in [-0.4, -0.2) is 80.7 Å². The van der Waals surface area contributed by atoms with Crippen LogP contribution in [0.25, 0.3) is 10.8 Å². The maximum Gasteiger partial charge on any atom is 0.278 e. The summed E-state index contributed by atoms with van der Waals surface area (Å²) in [6.07, 6.45) is 0. The molecule has 3 aromatic rings. The molecule has 3 aromatic carbocycles. The van der Waals surface area contributed by atoms with Gasteiger partial charge in [0.2, 0.25) is 0 Å². The van der Waals surface area contributed by atoms with Gasteiger partial charge >= 0.3 is 0 Å². The summed E-state index contributed by atoms with van der Waals surface area (Å²) in [5.41, 5.74) is 1.34. The number of fused-ring (bicyclic) bond motifs is 1. The molecular weight excluding hydrogens is 536 g/mol. The first-order chi connectivity index (χ1) is 20.2. The van der Waals surface area contributed by atoms with Gasteiger partial charge in [0.1, 0.15) is 12.4 Å². The number of methoxy groups -OCH3 is 1. The minimum atomic E-state index is -0.658. The lowest BCUT2D eigenvalue weighted by atomic mass is 9.85. The summed E-state index contributed by atoms with van der Waals surface area (Å²) in [5, 5.41) is 20.6. The second-order valence-corrected chi connectivity index (χ2v) is 11.1. The molecule has 224 valence electrons. The molecule has 10 nitrogen and oxygen atoms in total. The van der Waals surface area contributed by atoms with E-state index < -0.39 is 5.91 Å². The summed E-state index contributed by atoms with van der Waals surface area (Å²) < 4.78 is 17.1. The van der Waals surface area contributed by atoms with E-state index in [1.807, 2.05) is 52.0 Å². The first-order valence-corrected chi connectivity index (χ1v) is 14.2. The lowest BCUT2D eigenvalue weighted by Crippen LogP contribution is -2.38. The summed E-state index contributed by atoms with van der Waals surface area (Å²) >= 11 is 0. The molecule has 4 rings (SSSR count). The number of amides is 2. The fourth-order valence-electron chi connectivity index (χ4n) is 4.92. The van der Waals surface area contributed by atoms with Crippen molar-refractivity contribution in [2.45, 2.75) is 33.1 Å². The van der Waals surface area contributed by atoms with Crippen LogP contribution in [0.1, 0.15) is 49.2 Å². The van der Waals surface area contributed by atoms with Gasteiger partial charge in [-0.15, -0.1) is 0 Å². The Morgan fingerprint density at radius 3 is 2.40 bits per heavy atom. The highest BCUT2D eigenvalue weighted by atomic mass is 16.5. The van der Waals surface area contributed by atoms with E-state index in [9.17, 15) is 14.8 Å². The van der Waals surface area contributed by atoms with Crippen molar-refractivity contribution >= 4 is 34.0 Å². The standard InChI is InChI=1S/C32H40N4O6/c1-6-33-30(37)25-19-21(32(2,3)4)20-26(29(25)40-5)34-31(38)28(35-39)24-11-12-27(23-10-8-7-9-22(23)24)42-18-15-36-13-16-41-17-14-36/h7-12,19-20,39H,6,13-18H2,1-5H3,(H,33,37)(H,34,38). The zero-order chi connectivity index (χ0) is 30.3. The van der Waals surface area contributed by atoms with Gasteiger partial charge in [0, 0.05) is 37.1 Å². The number of ether oxygens (including phenoxy) is 3. The highest BCUT2D eigenvalue weighted by molar-refractivity contribution is 6.50. The number of oxime groups is 1. The molecular formula is C32H40N4O6. The van der Waals surface area contributed by atoms with Crippen molar-refractivity contribution in [1.82, 2.24) is 10.2 Å². The number of nitrogens with one attached hydrogen (secondary N) is 2. The molecule has 1 fully saturated rings. The molecule has 0 bridgehead atoms. The van der Waals surface area contributed by atoms with Crippen molar-refractivity contribution in [1.29, 1.82) is 0 Å². The maximum atomic E-state index is 13.7.